The van der Waals surface area contributed by atoms with Crippen LogP contribution in [0.1, 0.15) is 13.3 Å². The van der Waals surface area contributed by atoms with Crippen molar-refractivity contribution in [1.29, 1.82) is 0 Å². The van der Waals surface area contributed by atoms with E-state index in [2.05, 4.69) is 4.52 Å². The van der Waals surface area contributed by atoms with Crippen molar-refractivity contribution in [2.24, 2.45) is 0 Å². The molecule has 0 aliphatic rings. The van der Waals surface area contributed by atoms with Crippen LogP contribution in [0.15, 0.2) is 0 Å². The van der Waals surface area contributed by atoms with Crippen LogP contribution in [0, 0.1) is 0 Å². The average Bonchev–Trinajstić information content (AvgIpc) is 1.59. The molecule has 9 heavy (non-hydrogen) atoms. The van der Waals surface area contributed by atoms with E-state index < -0.39 is 7.82 Å². The molecular weight excluding hydrogens is 190 g/mol. The zero-order valence-corrected chi connectivity index (χ0v) is 6.77. The minimum Gasteiger partial charge on any atom is -0.303 e. The van der Waals surface area contributed by atoms with E-state index >= 15 is 0 Å². The van der Waals surface area contributed by atoms with E-state index in [0.29, 0.717) is 6.42 Å². The van der Waals surface area contributed by atoms with E-state index in [9.17, 15) is 4.57 Å². The first kappa shape index (κ1) is 12.3. The van der Waals surface area contributed by atoms with Gasteiger partial charge in [0.05, 0.1) is 6.61 Å². The topological polar surface area (TPSA) is 66.8 Å². The van der Waals surface area contributed by atoms with Gasteiger partial charge in [-0.3, -0.25) is 4.52 Å². The van der Waals surface area contributed by atoms with Crippen LogP contribution in [-0.2, 0) is 25.6 Å². The van der Waals surface area contributed by atoms with Gasteiger partial charge in [0.2, 0.25) is 0 Å². The molecule has 0 aromatic carbocycles. The van der Waals surface area contributed by atoms with Crippen LogP contribution in [0.2, 0.25) is 0 Å². The van der Waals surface area contributed by atoms with Gasteiger partial charge in [0, 0.05) is 16.5 Å². The van der Waals surface area contributed by atoms with Gasteiger partial charge >= 0.3 is 7.82 Å². The summed E-state index contributed by atoms with van der Waals surface area (Å²) >= 11 is 0. The van der Waals surface area contributed by atoms with Crippen LogP contribution >= 0.6 is 7.82 Å². The van der Waals surface area contributed by atoms with Crippen molar-refractivity contribution >= 4 is 7.82 Å². The predicted octanol–water partition coefficient (Wildman–Crippen LogP) is 0.503. The molecular formula is C3H9NiO4P. The third kappa shape index (κ3) is 11.9. The molecule has 60 valence electrons. The molecule has 6 heteroatoms. The normalized spacial score (nSPS) is 10.6. The summed E-state index contributed by atoms with van der Waals surface area (Å²) in [5.74, 6) is 0. The smallest absolute Gasteiger partial charge is 0.303 e. The molecule has 0 aliphatic heterocycles. The second-order valence-corrected chi connectivity index (χ2v) is 2.56. The molecule has 4 nitrogen and oxygen atoms in total. The van der Waals surface area contributed by atoms with Gasteiger partial charge in [-0.2, -0.15) is 0 Å². The van der Waals surface area contributed by atoms with Gasteiger partial charge in [-0.1, -0.05) is 6.92 Å². The molecule has 0 saturated heterocycles. The Morgan fingerprint density at radius 1 is 1.56 bits per heavy atom. The average molecular weight is 199 g/mol. The first-order chi connectivity index (χ1) is 3.56. The van der Waals surface area contributed by atoms with E-state index in [0.717, 1.165) is 0 Å². The predicted molar refractivity (Wildman–Crippen MR) is 28.3 cm³/mol. The summed E-state index contributed by atoms with van der Waals surface area (Å²) in [5, 5.41) is 0. The molecule has 0 amide bonds. The molecule has 0 heterocycles. The SMILES string of the molecule is CCCOP(=O)(O)O.[Ni]. The molecule has 0 unspecified atom stereocenters. The zero-order valence-electron chi connectivity index (χ0n) is 4.89. The fourth-order valence-electron chi connectivity index (χ4n) is 0.210. The van der Waals surface area contributed by atoms with Crippen molar-refractivity contribution in [3.63, 3.8) is 0 Å². The quantitative estimate of drug-likeness (QED) is 0.512. The summed E-state index contributed by atoms with van der Waals surface area (Å²) in [6.45, 7) is 1.89. The molecule has 0 rings (SSSR count). The van der Waals surface area contributed by atoms with Gasteiger partial charge < -0.3 is 9.79 Å². The second-order valence-electron chi connectivity index (χ2n) is 1.32. The number of phosphoric acid groups is 1. The van der Waals surface area contributed by atoms with Gasteiger partial charge in [-0.05, 0) is 6.42 Å². The van der Waals surface area contributed by atoms with Gasteiger partial charge in [0.15, 0.2) is 0 Å². The fraction of sp³-hybridized carbons (Fsp3) is 1.00. The van der Waals surface area contributed by atoms with Gasteiger partial charge in [0.25, 0.3) is 0 Å². The van der Waals surface area contributed by atoms with Gasteiger partial charge in [-0.15, -0.1) is 0 Å². The standard InChI is InChI=1S/C3H9O4P.Ni/c1-2-3-7-8(4,5)6;/h2-3H2,1H3,(H2,4,5,6);. The maximum atomic E-state index is 9.86. The van der Waals surface area contributed by atoms with Crippen molar-refractivity contribution in [3.8, 4) is 0 Å². The Morgan fingerprint density at radius 2 is 2.00 bits per heavy atom. The Kier molecular flexibility index (Phi) is 7.37. The van der Waals surface area contributed by atoms with Crippen molar-refractivity contribution in [1.82, 2.24) is 0 Å². The molecule has 0 radical (unpaired) electrons. The Balaban J connectivity index is 0. The van der Waals surface area contributed by atoms with E-state index in [4.69, 9.17) is 9.79 Å². The number of hydrogen-bond donors (Lipinski definition) is 2. The van der Waals surface area contributed by atoms with Crippen molar-refractivity contribution < 1.29 is 35.4 Å². The summed E-state index contributed by atoms with van der Waals surface area (Å²) in [6.07, 6.45) is 0.616. The number of phosphoric ester groups is 1. The maximum Gasteiger partial charge on any atom is 0.469 e. The zero-order chi connectivity index (χ0) is 6.62. The van der Waals surface area contributed by atoms with Crippen LogP contribution in [0.5, 0.6) is 0 Å². The Morgan fingerprint density at radius 3 is 2.11 bits per heavy atom. The molecule has 0 atom stereocenters. The Bertz CT molecular complexity index is 100.0. The van der Waals surface area contributed by atoms with Crippen LogP contribution in [0.4, 0.5) is 0 Å². The van der Waals surface area contributed by atoms with E-state index in [-0.39, 0.29) is 23.1 Å². The number of rotatable bonds is 3. The van der Waals surface area contributed by atoms with Crippen molar-refractivity contribution in [2.45, 2.75) is 13.3 Å². The van der Waals surface area contributed by atoms with Crippen LogP contribution < -0.4 is 0 Å². The minimum absolute atomic E-state index is 0. The third-order valence-corrected chi connectivity index (χ3v) is 0.983. The summed E-state index contributed by atoms with van der Waals surface area (Å²) in [7, 11) is -4.18. The number of hydrogen-bond acceptors (Lipinski definition) is 2. The Labute approximate surface area is 63.8 Å². The minimum atomic E-state index is -4.18. The molecule has 0 aromatic rings. The van der Waals surface area contributed by atoms with Crippen molar-refractivity contribution in [2.75, 3.05) is 6.61 Å². The molecule has 2 N–H and O–H groups in total. The van der Waals surface area contributed by atoms with Crippen LogP contribution in [0.3, 0.4) is 0 Å². The van der Waals surface area contributed by atoms with Gasteiger partial charge in [-0.25, -0.2) is 4.57 Å². The van der Waals surface area contributed by atoms with Crippen LogP contribution in [0.25, 0.3) is 0 Å². The third-order valence-electron chi connectivity index (χ3n) is 0.464. The largest absolute Gasteiger partial charge is 0.469 e. The van der Waals surface area contributed by atoms with E-state index in [1.807, 2.05) is 0 Å². The molecule has 0 bridgehead atoms. The summed E-state index contributed by atoms with van der Waals surface area (Å²) in [6, 6.07) is 0. The van der Waals surface area contributed by atoms with Crippen LogP contribution in [-0.4, -0.2) is 16.4 Å². The maximum absolute atomic E-state index is 9.86. The molecule has 0 aliphatic carbocycles. The molecule has 0 spiro atoms. The molecule has 0 aromatic heterocycles. The molecule has 0 saturated carbocycles. The summed E-state index contributed by atoms with van der Waals surface area (Å²) in [4.78, 5) is 16.1. The summed E-state index contributed by atoms with van der Waals surface area (Å²) < 4.78 is 13.9. The summed E-state index contributed by atoms with van der Waals surface area (Å²) in [5.41, 5.74) is 0. The monoisotopic (exact) mass is 198 g/mol. The van der Waals surface area contributed by atoms with Gasteiger partial charge in [0.1, 0.15) is 0 Å². The molecule has 0 fully saturated rings. The second kappa shape index (κ2) is 5.39. The fourth-order valence-corrected chi connectivity index (χ4v) is 0.631. The first-order valence-corrected chi connectivity index (χ1v) is 3.79. The Hall–Kier alpha value is 0.604. The van der Waals surface area contributed by atoms with E-state index in [1.54, 1.807) is 6.92 Å². The first-order valence-electron chi connectivity index (χ1n) is 2.26. The van der Waals surface area contributed by atoms with E-state index in [1.165, 1.54) is 0 Å². The van der Waals surface area contributed by atoms with Crippen molar-refractivity contribution in [3.05, 3.63) is 0 Å².